The van der Waals surface area contributed by atoms with E-state index < -0.39 is 27.6 Å². The average molecular weight is 387 g/mol. The maximum absolute atomic E-state index is 12.8. The molecule has 0 atom stereocenters. The smallest absolute Gasteiger partial charge is 0.338 e. The number of hydrogen-bond donors (Lipinski definition) is 2. The van der Waals surface area contributed by atoms with Gasteiger partial charge < -0.3 is 5.32 Å². The molecule has 1 aliphatic rings. The van der Waals surface area contributed by atoms with Gasteiger partial charge in [0.2, 0.25) is 10.0 Å². The summed E-state index contributed by atoms with van der Waals surface area (Å²) in [6.07, 6.45) is -4.94. The second-order valence-electron chi connectivity index (χ2n) is 4.75. The van der Waals surface area contributed by atoms with Crippen LogP contribution in [-0.4, -0.2) is 26.0 Å². The van der Waals surface area contributed by atoms with Gasteiger partial charge in [-0.05, 0) is 31.0 Å². The van der Waals surface area contributed by atoms with Crippen LogP contribution in [0.2, 0.25) is 0 Å². The van der Waals surface area contributed by atoms with Crippen LogP contribution in [0.5, 0.6) is 0 Å². The number of nitrogens with one attached hydrogen (secondary N) is 1. The van der Waals surface area contributed by atoms with Crippen molar-refractivity contribution in [3.8, 4) is 0 Å². The summed E-state index contributed by atoms with van der Waals surface area (Å²) >= 11 is 2.99. The summed E-state index contributed by atoms with van der Waals surface area (Å²) in [6.45, 7) is 0. The lowest BCUT2D eigenvalue weighted by molar-refractivity contribution is -0.163. The number of amides is 1. The van der Waals surface area contributed by atoms with Crippen molar-refractivity contribution in [3.63, 3.8) is 0 Å². The third-order valence-electron chi connectivity index (χ3n) is 3.11. The number of primary sulfonamides is 1. The standard InChI is InChI=1S/C11H10BrF3N2O3S/c12-7-3-6(4-8(5-7)21(16,19)20)9(18)17-10(1-2-10)11(13,14)15/h3-5H,1-2H2,(H,17,18)(H2,16,19,20). The zero-order valence-electron chi connectivity index (χ0n) is 10.4. The Balaban J connectivity index is 2.31. The van der Waals surface area contributed by atoms with Crippen molar-refractivity contribution >= 4 is 31.9 Å². The highest BCUT2D eigenvalue weighted by Crippen LogP contribution is 2.49. The molecule has 0 unspecified atom stereocenters. The zero-order valence-corrected chi connectivity index (χ0v) is 12.8. The van der Waals surface area contributed by atoms with Crippen LogP contribution in [0.25, 0.3) is 0 Å². The summed E-state index contributed by atoms with van der Waals surface area (Å²) in [5.74, 6) is -1.00. The van der Waals surface area contributed by atoms with E-state index in [2.05, 4.69) is 15.9 Å². The predicted molar refractivity (Wildman–Crippen MR) is 71.0 cm³/mol. The number of hydrogen-bond acceptors (Lipinski definition) is 3. The van der Waals surface area contributed by atoms with E-state index in [-0.39, 0.29) is 27.8 Å². The molecular formula is C11H10BrF3N2O3S. The molecule has 0 aliphatic heterocycles. The molecule has 0 heterocycles. The van der Waals surface area contributed by atoms with Crippen molar-refractivity contribution in [2.45, 2.75) is 29.5 Å². The van der Waals surface area contributed by atoms with Crippen LogP contribution >= 0.6 is 15.9 Å². The number of halogens is 4. The highest BCUT2D eigenvalue weighted by Gasteiger charge is 2.64. The molecule has 0 radical (unpaired) electrons. The second-order valence-corrected chi connectivity index (χ2v) is 7.23. The third kappa shape index (κ3) is 3.38. The van der Waals surface area contributed by atoms with E-state index in [1.807, 2.05) is 5.32 Å². The third-order valence-corrected chi connectivity index (χ3v) is 4.46. The molecule has 1 amide bonds. The monoisotopic (exact) mass is 386 g/mol. The van der Waals surface area contributed by atoms with Gasteiger partial charge in [-0.15, -0.1) is 0 Å². The summed E-state index contributed by atoms with van der Waals surface area (Å²) in [5.41, 5.74) is -2.43. The molecule has 0 aromatic heterocycles. The van der Waals surface area contributed by atoms with Crippen molar-refractivity contribution in [2.75, 3.05) is 0 Å². The largest absolute Gasteiger partial charge is 0.411 e. The summed E-state index contributed by atoms with van der Waals surface area (Å²) in [7, 11) is -4.07. The maximum Gasteiger partial charge on any atom is 0.411 e. The Morgan fingerprint density at radius 3 is 2.29 bits per heavy atom. The number of nitrogens with two attached hydrogens (primary N) is 1. The van der Waals surface area contributed by atoms with Crippen LogP contribution in [0.4, 0.5) is 13.2 Å². The molecule has 0 bridgehead atoms. The fraction of sp³-hybridized carbons (Fsp3) is 0.364. The molecule has 5 nitrogen and oxygen atoms in total. The Labute approximate surface area is 126 Å². The molecule has 10 heteroatoms. The van der Waals surface area contributed by atoms with E-state index in [1.165, 1.54) is 6.07 Å². The molecule has 1 aliphatic carbocycles. The first-order chi connectivity index (χ1) is 9.45. The minimum absolute atomic E-state index is 0.196. The van der Waals surface area contributed by atoms with Gasteiger partial charge in [-0.2, -0.15) is 13.2 Å². The molecule has 1 saturated carbocycles. The van der Waals surface area contributed by atoms with Crippen molar-refractivity contribution in [3.05, 3.63) is 28.2 Å². The van der Waals surface area contributed by atoms with Gasteiger partial charge in [0, 0.05) is 10.0 Å². The molecule has 0 saturated heterocycles. The van der Waals surface area contributed by atoms with Crippen molar-refractivity contribution < 1.29 is 26.4 Å². The molecule has 3 N–H and O–H groups in total. The number of carbonyl (C=O) groups excluding carboxylic acids is 1. The first-order valence-electron chi connectivity index (χ1n) is 5.67. The van der Waals surface area contributed by atoms with E-state index >= 15 is 0 Å². The Morgan fingerprint density at radius 2 is 1.86 bits per heavy atom. The summed E-state index contributed by atoms with van der Waals surface area (Å²) < 4.78 is 61.1. The Bertz CT molecular complexity index is 699. The van der Waals surface area contributed by atoms with Gasteiger partial charge in [0.25, 0.3) is 5.91 Å². The number of benzene rings is 1. The van der Waals surface area contributed by atoms with Gasteiger partial charge in [-0.25, -0.2) is 13.6 Å². The molecule has 116 valence electrons. The number of sulfonamides is 1. The van der Waals surface area contributed by atoms with E-state index in [9.17, 15) is 26.4 Å². The van der Waals surface area contributed by atoms with Gasteiger partial charge in [0.1, 0.15) is 5.54 Å². The quantitative estimate of drug-likeness (QED) is 0.831. The summed E-state index contributed by atoms with van der Waals surface area (Å²) in [5, 5.41) is 6.85. The predicted octanol–water partition coefficient (Wildman–Crippen LogP) is 1.92. The van der Waals surface area contributed by atoms with Crippen LogP contribution in [0.3, 0.4) is 0 Å². The summed E-state index contributed by atoms with van der Waals surface area (Å²) in [4.78, 5) is 11.5. The zero-order chi connectivity index (χ0) is 16.1. The van der Waals surface area contributed by atoms with Crippen LogP contribution < -0.4 is 10.5 Å². The van der Waals surface area contributed by atoms with Crippen LogP contribution in [0, 0.1) is 0 Å². The van der Waals surface area contributed by atoms with Crippen LogP contribution in [0.1, 0.15) is 23.2 Å². The number of rotatable bonds is 3. The fourth-order valence-electron chi connectivity index (χ4n) is 1.75. The van der Waals surface area contributed by atoms with Crippen molar-refractivity contribution in [1.29, 1.82) is 0 Å². The SMILES string of the molecule is NS(=O)(=O)c1cc(Br)cc(C(=O)NC2(C(F)(F)F)CC2)c1. The average Bonchev–Trinajstić information content (AvgIpc) is 3.07. The van der Waals surface area contributed by atoms with E-state index in [1.54, 1.807) is 0 Å². The lowest BCUT2D eigenvalue weighted by Crippen LogP contribution is -2.47. The molecule has 1 fully saturated rings. The van der Waals surface area contributed by atoms with E-state index in [0.29, 0.717) is 0 Å². The van der Waals surface area contributed by atoms with Gasteiger partial charge in [-0.1, -0.05) is 15.9 Å². The van der Waals surface area contributed by atoms with Crippen LogP contribution in [0.15, 0.2) is 27.6 Å². The van der Waals surface area contributed by atoms with Gasteiger partial charge in [0.15, 0.2) is 0 Å². The minimum atomic E-state index is -4.54. The minimum Gasteiger partial charge on any atom is -0.338 e. The lowest BCUT2D eigenvalue weighted by Gasteiger charge is -2.20. The van der Waals surface area contributed by atoms with E-state index in [0.717, 1.165) is 12.1 Å². The first-order valence-corrected chi connectivity index (χ1v) is 8.01. The lowest BCUT2D eigenvalue weighted by atomic mass is 10.2. The topological polar surface area (TPSA) is 89.3 Å². The van der Waals surface area contributed by atoms with Gasteiger partial charge >= 0.3 is 6.18 Å². The molecule has 2 rings (SSSR count). The van der Waals surface area contributed by atoms with Gasteiger partial charge in [-0.3, -0.25) is 4.79 Å². The van der Waals surface area contributed by atoms with Crippen molar-refractivity contribution in [2.24, 2.45) is 5.14 Å². The molecule has 0 spiro atoms. The van der Waals surface area contributed by atoms with Crippen LogP contribution in [-0.2, 0) is 10.0 Å². The Morgan fingerprint density at radius 1 is 1.29 bits per heavy atom. The van der Waals surface area contributed by atoms with Gasteiger partial charge in [0.05, 0.1) is 4.90 Å². The van der Waals surface area contributed by atoms with Crippen molar-refractivity contribution in [1.82, 2.24) is 5.32 Å². The maximum atomic E-state index is 12.8. The fourth-order valence-corrected chi connectivity index (χ4v) is 2.98. The van der Waals surface area contributed by atoms with E-state index in [4.69, 9.17) is 5.14 Å². The Kier molecular flexibility index (Phi) is 3.83. The molecule has 1 aromatic rings. The normalized spacial score (nSPS) is 17.4. The first kappa shape index (κ1) is 16.2. The second kappa shape index (κ2) is 4.96. The molecular weight excluding hydrogens is 377 g/mol. The highest BCUT2D eigenvalue weighted by molar-refractivity contribution is 9.10. The number of alkyl halides is 3. The number of carbonyl (C=O) groups is 1. The molecule has 1 aromatic carbocycles. The summed E-state index contributed by atoms with van der Waals surface area (Å²) in [6, 6.07) is 3.31. The highest BCUT2D eigenvalue weighted by atomic mass is 79.9. The molecule has 21 heavy (non-hydrogen) atoms. The Hall–Kier alpha value is -1.13.